The fraction of sp³-hybridized carbons (Fsp3) is 0.0769. The van der Waals surface area contributed by atoms with Crippen LogP contribution in [0.1, 0.15) is 11.1 Å². The molecule has 1 heterocycles. The summed E-state index contributed by atoms with van der Waals surface area (Å²) in [6.45, 7) is 1.92. The smallest absolute Gasteiger partial charge is 0.143 e. The predicted octanol–water partition coefficient (Wildman–Crippen LogP) is 2.91. The number of rotatable bonds is 3. The summed E-state index contributed by atoms with van der Waals surface area (Å²) in [7, 11) is 0. The highest BCUT2D eigenvalue weighted by atomic mass is 32.1. The number of benzene rings is 1. The molecule has 0 saturated heterocycles. The van der Waals surface area contributed by atoms with E-state index in [1.54, 1.807) is 6.20 Å². The van der Waals surface area contributed by atoms with Crippen LogP contribution in [0.5, 0.6) is 0 Å². The molecule has 0 radical (unpaired) electrons. The van der Waals surface area contributed by atoms with Crippen molar-refractivity contribution in [3.63, 3.8) is 0 Å². The van der Waals surface area contributed by atoms with E-state index in [1.165, 1.54) is 6.07 Å². The van der Waals surface area contributed by atoms with Gasteiger partial charge in [0.2, 0.25) is 0 Å². The third kappa shape index (κ3) is 2.81. The summed E-state index contributed by atoms with van der Waals surface area (Å²) in [5.74, 6) is -0.378. The average molecular weight is 261 g/mol. The van der Waals surface area contributed by atoms with E-state index >= 15 is 0 Å². The Hall–Kier alpha value is -2.01. The van der Waals surface area contributed by atoms with Crippen molar-refractivity contribution in [2.75, 3.05) is 5.32 Å². The summed E-state index contributed by atoms with van der Waals surface area (Å²) in [6, 6.07) is 6.96. The zero-order valence-corrected chi connectivity index (χ0v) is 10.6. The maximum Gasteiger partial charge on any atom is 0.143 e. The first-order valence-corrected chi connectivity index (χ1v) is 5.75. The monoisotopic (exact) mass is 261 g/mol. The summed E-state index contributed by atoms with van der Waals surface area (Å²) in [4.78, 5) is 4.14. The number of nitrogens with two attached hydrogens (primary N) is 1. The number of halogens is 1. The van der Waals surface area contributed by atoms with E-state index in [9.17, 15) is 4.39 Å². The third-order valence-electron chi connectivity index (χ3n) is 2.49. The van der Waals surface area contributed by atoms with E-state index in [4.69, 9.17) is 18.0 Å². The number of anilines is 2. The van der Waals surface area contributed by atoms with E-state index < -0.39 is 0 Å². The molecule has 0 atom stereocenters. The summed E-state index contributed by atoms with van der Waals surface area (Å²) < 4.78 is 13.0. The molecule has 5 heteroatoms. The zero-order chi connectivity index (χ0) is 13.1. The van der Waals surface area contributed by atoms with Gasteiger partial charge in [-0.3, -0.25) is 4.98 Å². The molecular formula is C13H12FN3S. The molecule has 18 heavy (non-hydrogen) atoms. The molecular weight excluding hydrogens is 249 g/mol. The molecule has 3 nitrogen and oxygen atoms in total. The van der Waals surface area contributed by atoms with Crippen molar-refractivity contribution in [1.82, 2.24) is 4.98 Å². The Morgan fingerprint density at radius 1 is 1.28 bits per heavy atom. The van der Waals surface area contributed by atoms with Gasteiger partial charge in [0.05, 0.1) is 18.1 Å². The van der Waals surface area contributed by atoms with Crippen LogP contribution >= 0.6 is 12.2 Å². The number of nitrogens with zero attached hydrogens (tertiary/aromatic N) is 1. The molecule has 0 aliphatic heterocycles. The van der Waals surface area contributed by atoms with Crippen LogP contribution in [0.2, 0.25) is 0 Å². The van der Waals surface area contributed by atoms with Gasteiger partial charge in [0, 0.05) is 17.3 Å². The van der Waals surface area contributed by atoms with Crippen LogP contribution in [0, 0.1) is 12.7 Å². The lowest BCUT2D eigenvalue weighted by atomic mass is 10.1. The minimum absolute atomic E-state index is 0.367. The van der Waals surface area contributed by atoms with Crippen molar-refractivity contribution in [2.45, 2.75) is 6.92 Å². The molecule has 0 aliphatic rings. The minimum atomic E-state index is -0.378. The van der Waals surface area contributed by atoms with Gasteiger partial charge >= 0.3 is 0 Å². The summed E-state index contributed by atoms with van der Waals surface area (Å²) in [5.41, 5.74) is 8.83. The molecule has 92 valence electrons. The second-order valence-corrected chi connectivity index (χ2v) is 4.35. The van der Waals surface area contributed by atoms with Gasteiger partial charge in [0.1, 0.15) is 10.8 Å². The first-order valence-electron chi connectivity index (χ1n) is 5.34. The van der Waals surface area contributed by atoms with Crippen LogP contribution in [-0.2, 0) is 0 Å². The molecule has 0 amide bonds. The second-order valence-electron chi connectivity index (χ2n) is 3.91. The van der Waals surface area contributed by atoms with E-state index in [2.05, 4.69) is 10.3 Å². The second kappa shape index (κ2) is 5.10. The van der Waals surface area contributed by atoms with Gasteiger partial charge in [-0.25, -0.2) is 4.39 Å². The first kappa shape index (κ1) is 12.4. The number of hydrogen-bond donors (Lipinski definition) is 2. The quantitative estimate of drug-likeness (QED) is 0.834. The molecule has 1 aromatic heterocycles. The molecule has 0 spiro atoms. The Kier molecular flexibility index (Phi) is 3.53. The molecule has 0 unspecified atom stereocenters. The average Bonchev–Trinajstić information content (AvgIpc) is 2.28. The molecule has 3 N–H and O–H groups in total. The largest absolute Gasteiger partial charge is 0.389 e. The van der Waals surface area contributed by atoms with Crippen molar-refractivity contribution in [3.05, 3.63) is 53.6 Å². The Morgan fingerprint density at radius 2 is 2.06 bits per heavy atom. The van der Waals surface area contributed by atoms with Crippen LogP contribution in [-0.4, -0.2) is 9.97 Å². The highest BCUT2D eigenvalue weighted by molar-refractivity contribution is 7.80. The lowest BCUT2D eigenvalue weighted by Gasteiger charge is -2.09. The number of nitrogens with one attached hydrogen (secondary N) is 1. The van der Waals surface area contributed by atoms with E-state index in [1.807, 2.05) is 25.1 Å². The predicted molar refractivity (Wildman–Crippen MR) is 74.5 cm³/mol. The van der Waals surface area contributed by atoms with Gasteiger partial charge in [-0.05, 0) is 30.7 Å². The standard InChI is InChI=1S/C13H12FN3S/c1-8-4-10(2-3-12(8)13(15)18)17-11-5-9(14)6-16-7-11/h2-7,17H,1H3,(H2,15,18). The normalized spacial score (nSPS) is 10.1. The molecule has 0 saturated carbocycles. The highest BCUT2D eigenvalue weighted by Crippen LogP contribution is 2.19. The van der Waals surface area contributed by atoms with Gasteiger partial charge in [0.15, 0.2) is 0 Å². The number of aromatic nitrogens is 1. The van der Waals surface area contributed by atoms with Crippen molar-refractivity contribution in [3.8, 4) is 0 Å². The highest BCUT2D eigenvalue weighted by Gasteiger charge is 2.03. The van der Waals surface area contributed by atoms with E-state index in [-0.39, 0.29) is 5.82 Å². The first-order chi connectivity index (χ1) is 8.56. The maximum absolute atomic E-state index is 13.0. The van der Waals surface area contributed by atoms with Crippen LogP contribution in [0.25, 0.3) is 0 Å². The fourth-order valence-corrected chi connectivity index (χ4v) is 1.89. The van der Waals surface area contributed by atoms with Crippen LogP contribution in [0.15, 0.2) is 36.7 Å². The SMILES string of the molecule is Cc1cc(Nc2cncc(F)c2)ccc1C(N)=S. The Labute approximate surface area is 110 Å². The van der Waals surface area contributed by atoms with E-state index in [0.29, 0.717) is 10.7 Å². The molecule has 0 fully saturated rings. The number of aryl methyl sites for hydroxylation is 1. The Balaban J connectivity index is 2.25. The van der Waals surface area contributed by atoms with Crippen LogP contribution in [0.3, 0.4) is 0 Å². The van der Waals surface area contributed by atoms with Crippen LogP contribution < -0.4 is 11.1 Å². The molecule has 2 aromatic rings. The molecule has 2 rings (SSSR count). The van der Waals surface area contributed by atoms with Crippen molar-refractivity contribution < 1.29 is 4.39 Å². The molecule has 1 aromatic carbocycles. The molecule has 0 bridgehead atoms. The number of hydrogen-bond acceptors (Lipinski definition) is 3. The van der Waals surface area contributed by atoms with Crippen LogP contribution in [0.4, 0.5) is 15.8 Å². The van der Waals surface area contributed by atoms with Gasteiger partial charge < -0.3 is 11.1 Å². The lowest BCUT2D eigenvalue weighted by Crippen LogP contribution is -2.11. The van der Waals surface area contributed by atoms with Gasteiger partial charge in [-0.1, -0.05) is 12.2 Å². The van der Waals surface area contributed by atoms with Crippen molar-refractivity contribution in [2.24, 2.45) is 5.73 Å². The third-order valence-corrected chi connectivity index (χ3v) is 2.71. The Morgan fingerprint density at radius 3 is 2.67 bits per heavy atom. The zero-order valence-electron chi connectivity index (χ0n) is 9.77. The van der Waals surface area contributed by atoms with Gasteiger partial charge in [0.25, 0.3) is 0 Å². The lowest BCUT2D eigenvalue weighted by molar-refractivity contribution is 0.622. The maximum atomic E-state index is 13.0. The van der Waals surface area contributed by atoms with Crippen molar-refractivity contribution >= 4 is 28.6 Å². The topological polar surface area (TPSA) is 50.9 Å². The molecule has 0 aliphatic carbocycles. The fourth-order valence-electron chi connectivity index (χ4n) is 1.66. The van der Waals surface area contributed by atoms with Gasteiger partial charge in [-0.15, -0.1) is 0 Å². The summed E-state index contributed by atoms with van der Waals surface area (Å²) in [6.07, 6.45) is 2.71. The van der Waals surface area contributed by atoms with E-state index in [0.717, 1.165) is 23.0 Å². The number of pyridine rings is 1. The summed E-state index contributed by atoms with van der Waals surface area (Å²) >= 11 is 4.94. The van der Waals surface area contributed by atoms with Gasteiger partial charge in [-0.2, -0.15) is 0 Å². The number of thiocarbonyl (C=S) groups is 1. The summed E-state index contributed by atoms with van der Waals surface area (Å²) in [5, 5.41) is 3.07. The Bertz CT molecular complexity index is 599. The minimum Gasteiger partial charge on any atom is -0.389 e. The van der Waals surface area contributed by atoms with Crippen molar-refractivity contribution in [1.29, 1.82) is 0 Å².